The molecule has 4 aliphatic heterocycles. The number of benzene rings is 1. The number of carbonyl (C=O) groups excluding carboxylic acids is 1. The Balaban J connectivity index is 1.20. The zero-order valence-electron chi connectivity index (χ0n) is 23.8. The molecule has 0 spiro atoms. The minimum atomic E-state index is -0.940. The number of rotatable bonds is 7. The standard InChI is InChI=1S/C30H32Cl2F2N6O4/c31-25-22-24(23(34)26(32)36-25)35-28(44-16-30-9-4-10-38(30)12-18(33)11-30)37-27(22)39-13-19-7-8-20(21(39)14-41)40(19)29(42)43-15-17-5-2-1-3-6-17/h1-3,5-6,18-21,41H,4,7-16H2/t18-,19+,20-,21+,30+/m1/s1. The lowest BCUT2D eigenvalue weighted by Crippen LogP contribution is -2.63. The molecule has 4 saturated heterocycles. The molecule has 14 heteroatoms. The molecule has 234 valence electrons. The van der Waals surface area contributed by atoms with Crippen molar-refractivity contribution < 1.29 is 28.2 Å². The summed E-state index contributed by atoms with van der Waals surface area (Å²) in [6.07, 6.45) is 1.98. The molecule has 0 radical (unpaired) electrons. The Morgan fingerprint density at radius 2 is 1.93 bits per heavy atom. The number of aliphatic hydroxyl groups excluding tert-OH is 1. The summed E-state index contributed by atoms with van der Waals surface area (Å²) in [5.74, 6) is -0.654. The fourth-order valence-electron chi connectivity index (χ4n) is 7.57. The average Bonchev–Trinajstić information content (AvgIpc) is 3.66. The van der Waals surface area contributed by atoms with E-state index in [1.165, 1.54) is 0 Å². The molecule has 44 heavy (non-hydrogen) atoms. The number of halogens is 4. The van der Waals surface area contributed by atoms with E-state index in [-0.39, 0.29) is 60.3 Å². The first-order chi connectivity index (χ1) is 21.3. The van der Waals surface area contributed by atoms with E-state index in [1.807, 2.05) is 35.2 Å². The lowest BCUT2D eigenvalue weighted by molar-refractivity contribution is 0.0561. The number of alkyl halides is 1. The number of pyridine rings is 1. The molecule has 0 saturated carbocycles. The largest absolute Gasteiger partial charge is 0.461 e. The maximum Gasteiger partial charge on any atom is 0.410 e. The van der Waals surface area contributed by atoms with E-state index in [0.29, 0.717) is 25.8 Å². The van der Waals surface area contributed by atoms with Gasteiger partial charge in [0.15, 0.2) is 11.0 Å². The van der Waals surface area contributed by atoms with E-state index in [9.17, 15) is 14.3 Å². The van der Waals surface area contributed by atoms with Gasteiger partial charge in [0.25, 0.3) is 0 Å². The molecule has 3 aromatic rings. The second-order valence-electron chi connectivity index (χ2n) is 12.1. The molecular formula is C30H32Cl2F2N6O4. The van der Waals surface area contributed by atoms with Crippen LogP contribution in [0.25, 0.3) is 10.9 Å². The topological polar surface area (TPSA) is 104 Å². The molecule has 1 aromatic carbocycles. The summed E-state index contributed by atoms with van der Waals surface area (Å²) < 4.78 is 41.6. The Kier molecular flexibility index (Phi) is 7.88. The highest BCUT2D eigenvalue weighted by atomic mass is 35.5. The van der Waals surface area contributed by atoms with E-state index >= 15 is 4.39 Å². The van der Waals surface area contributed by atoms with Gasteiger partial charge in [-0.2, -0.15) is 9.97 Å². The number of amides is 1. The molecule has 6 heterocycles. The molecule has 1 amide bonds. The first-order valence-corrected chi connectivity index (χ1v) is 15.6. The zero-order valence-corrected chi connectivity index (χ0v) is 25.4. The first kappa shape index (κ1) is 29.6. The number of hydrogen-bond donors (Lipinski definition) is 1. The van der Waals surface area contributed by atoms with Crippen molar-refractivity contribution in [1.29, 1.82) is 0 Å². The van der Waals surface area contributed by atoms with Crippen molar-refractivity contribution in [3.05, 3.63) is 52.0 Å². The van der Waals surface area contributed by atoms with Gasteiger partial charge < -0.3 is 19.5 Å². The van der Waals surface area contributed by atoms with Crippen LogP contribution in [0.5, 0.6) is 6.01 Å². The first-order valence-electron chi connectivity index (χ1n) is 14.9. The van der Waals surface area contributed by atoms with Gasteiger partial charge in [0.05, 0.1) is 35.7 Å². The fraction of sp³-hybridized carbons (Fsp3) is 0.533. The summed E-state index contributed by atoms with van der Waals surface area (Å²) in [4.78, 5) is 31.9. The normalized spacial score (nSPS) is 28.1. The number of ether oxygens (including phenoxy) is 2. The van der Waals surface area contributed by atoms with E-state index in [2.05, 4.69) is 19.9 Å². The minimum Gasteiger partial charge on any atom is -0.461 e. The van der Waals surface area contributed by atoms with Gasteiger partial charge in [0.1, 0.15) is 35.9 Å². The van der Waals surface area contributed by atoms with E-state index in [0.717, 1.165) is 24.9 Å². The molecular weight excluding hydrogens is 617 g/mol. The van der Waals surface area contributed by atoms with Crippen molar-refractivity contribution in [2.75, 3.05) is 37.7 Å². The number of hydrogen-bond acceptors (Lipinski definition) is 9. The van der Waals surface area contributed by atoms with Crippen LogP contribution < -0.4 is 9.64 Å². The quantitative estimate of drug-likeness (QED) is 0.363. The number of aromatic nitrogens is 3. The van der Waals surface area contributed by atoms with Gasteiger partial charge in [0.2, 0.25) is 0 Å². The molecule has 5 atom stereocenters. The highest BCUT2D eigenvalue weighted by Gasteiger charge is 2.51. The van der Waals surface area contributed by atoms with Gasteiger partial charge in [0, 0.05) is 19.5 Å². The molecule has 4 fully saturated rings. The lowest BCUT2D eigenvalue weighted by Gasteiger charge is -2.46. The Hall–Kier alpha value is -3.06. The summed E-state index contributed by atoms with van der Waals surface area (Å²) in [7, 11) is 0. The van der Waals surface area contributed by atoms with Crippen molar-refractivity contribution in [2.24, 2.45) is 0 Å². The number of fused-ring (bicyclic) bond motifs is 4. The third-order valence-corrected chi connectivity index (χ3v) is 10.1. The molecule has 2 aromatic heterocycles. The van der Waals surface area contributed by atoms with Gasteiger partial charge in [-0.25, -0.2) is 18.6 Å². The maximum atomic E-state index is 15.5. The third kappa shape index (κ3) is 5.09. The van der Waals surface area contributed by atoms with Crippen LogP contribution in [0, 0.1) is 5.82 Å². The molecule has 7 rings (SSSR count). The molecule has 2 bridgehead atoms. The van der Waals surface area contributed by atoms with Crippen molar-refractivity contribution in [3.8, 4) is 6.01 Å². The van der Waals surface area contributed by atoms with Crippen LogP contribution in [0.1, 0.15) is 37.7 Å². The number of carbonyl (C=O) groups is 1. The highest BCUT2D eigenvalue weighted by molar-refractivity contribution is 6.37. The van der Waals surface area contributed by atoms with E-state index < -0.39 is 40.9 Å². The van der Waals surface area contributed by atoms with Crippen LogP contribution in [-0.2, 0) is 11.3 Å². The van der Waals surface area contributed by atoms with Gasteiger partial charge in [-0.15, -0.1) is 0 Å². The Morgan fingerprint density at radius 3 is 2.73 bits per heavy atom. The Labute approximate surface area is 262 Å². The predicted molar refractivity (Wildman–Crippen MR) is 159 cm³/mol. The monoisotopic (exact) mass is 648 g/mol. The molecule has 4 aliphatic rings. The predicted octanol–water partition coefficient (Wildman–Crippen LogP) is 4.78. The van der Waals surface area contributed by atoms with Crippen LogP contribution in [0.15, 0.2) is 30.3 Å². The Bertz CT molecular complexity index is 1570. The van der Waals surface area contributed by atoms with Crippen molar-refractivity contribution in [3.63, 3.8) is 0 Å². The van der Waals surface area contributed by atoms with Crippen molar-refractivity contribution in [1.82, 2.24) is 24.8 Å². The maximum absolute atomic E-state index is 15.5. The van der Waals surface area contributed by atoms with Crippen LogP contribution in [0.4, 0.5) is 19.4 Å². The molecule has 10 nitrogen and oxygen atoms in total. The van der Waals surface area contributed by atoms with Crippen molar-refractivity contribution in [2.45, 2.75) is 68.5 Å². The summed E-state index contributed by atoms with van der Waals surface area (Å²) in [6, 6.07) is 8.04. The Morgan fingerprint density at radius 1 is 1.11 bits per heavy atom. The van der Waals surface area contributed by atoms with Gasteiger partial charge >= 0.3 is 12.1 Å². The lowest BCUT2D eigenvalue weighted by atomic mass is 9.95. The number of nitrogens with zero attached hydrogens (tertiary/aromatic N) is 6. The second-order valence-corrected chi connectivity index (χ2v) is 12.8. The number of anilines is 1. The number of aliphatic hydroxyl groups is 1. The SMILES string of the molecule is O=C(OCc1ccccc1)N1[C@H]2CC[C@@H]1[C@H](CO)N(c1nc(OC[C@@]34CCCN3C[C@H](F)C4)nc3c(F)c(Cl)nc(Cl)c13)C2. The summed E-state index contributed by atoms with van der Waals surface area (Å²) in [5, 5.41) is 10.2. The molecule has 0 aliphatic carbocycles. The third-order valence-electron chi connectivity index (χ3n) is 9.57. The van der Waals surface area contributed by atoms with Gasteiger partial charge in [-0.05, 0) is 37.8 Å². The van der Waals surface area contributed by atoms with Crippen LogP contribution in [0.3, 0.4) is 0 Å². The van der Waals surface area contributed by atoms with Crippen LogP contribution in [-0.4, -0.2) is 98.6 Å². The summed E-state index contributed by atoms with van der Waals surface area (Å²) >= 11 is 12.6. The molecule has 1 N–H and O–H groups in total. The minimum absolute atomic E-state index is 0.0988. The summed E-state index contributed by atoms with van der Waals surface area (Å²) in [5.41, 5.74) is 0.232. The van der Waals surface area contributed by atoms with Gasteiger partial charge in [-0.1, -0.05) is 53.5 Å². The van der Waals surface area contributed by atoms with Crippen molar-refractivity contribution >= 4 is 46.0 Å². The van der Waals surface area contributed by atoms with Gasteiger partial charge in [-0.3, -0.25) is 9.80 Å². The zero-order chi connectivity index (χ0) is 30.6. The van der Waals surface area contributed by atoms with E-state index in [1.54, 1.807) is 4.90 Å². The summed E-state index contributed by atoms with van der Waals surface area (Å²) in [6.45, 7) is 1.37. The van der Waals surface area contributed by atoms with Crippen LogP contribution in [0.2, 0.25) is 10.3 Å². The average molecular weight is 650 g/mol. The second kappa shape index (κ2) is 11.7. The highest BCUT2D eigenvalue weighted by Crippen LogP contribution is 2.43. The molecule has 0 unspecified atom stereocenters. The fourth-order valence-corrected chi connectivity index (χ4v) is 8.04. The van der Waals surface area contributed by atoms with Crippen LogP contribution >= 0.6 is 23.2 Å². The number of piperazine rings is 1. The van der Waals surface area contributed by atoms with E-state index in [4.69, 9.17) is 32.7 Å². The smallest absolute Gasteiger partial charge is 0.410 e.